The van der Waals surface area contributed by atoms with Gasteiger partial charge in [-0.05, 0) is 32.2 Å². The van der Waals surface area contributed by atoms with Crippen molar-refractivity contribution in [3.05, 3.63) is 0 Å². The van der Waals surface area contributed by atoms with Crippen molar-refractivity contribution in [1.82, 2.24) is 4.90 Å². The van der Waals surface area contributed by atoms with Crippen molar-refractivity contribution in [1.29, 1.82) is 0 Å². The number of rotatable bonds is 6. The van der Waals surface area contributed by atoms with Gasteiger partial charge in [-0.1, -0.05) is 13.8 Å². The van der Waals surface area contributed by atoms with E-state index >= 15 is 0 Å². The first-order chi connectivity index (χ1) is 6.20. The fourth-order valence-corrected chi connectivity index (χ4v) is 1.81. The largest absolute Gasteiger partial charge is 0.480 e. The van der Waals surface area contributed by atoms with Crippen LogP contribution in [0.25, 0.3) is 0 Å². The van der Waals surface area contributed by atoms with E-state index in [0.29, 0.717) is 12.5 Å². The molecule has 0 bridgehead atoms. The molecule has 3 heteroatoms. The van der Waals surface area contributed by atoms with Crippen molar-refractivity contribution in [3.63, 3.8) is 0 Å². The molecule has 3 nitrogen and oxygen atoms in total. The topological polar surface area (TPSA) is 40.5 Å². The van der Waals surface area contributed by atoms with Gasteiger partial charge in [0.05, 0.1) is 0 Å². The van der Waals surface area contributed by atoms with Gasteiger partial charge in [-0.3, -0.25) is 9.69 Å². The van der Waals surface area contributed by atoms with Crippen LogP contribution in [0.1, 0.15) is 39.5 Å². The molecule has 0 aromatic rings. The molecule has 1 unspecified atom stereocenters. The lowest BCUT2D eigenvalue weighted by molar-refractivity contribution is -0.143. The Morgan fingerprint density at radius 3 is 2.46 bits per heavy atom. The van der Waals surface area contributed by atoms with Crippen LogP contribution in [-0.4, -0.2) is 34.6 Å². The van der Waals surface area contributed by atoms with Gasteiger partial charge in [-0.15, -0.1) is 0 Å². The first-order valence-electron chi connectivity index (χ1n) is 5.19. The summed E-state index contributed by atoms with van der Waals surface area (Å²) in [5.74, 6) is -0.664. The van der Waals surface area contributed by atoms with Crippen molar-refractivity contribution in [2.24, 2.45) is 0 Å². The Kier molecular flexibility index (Phi) is 3.72. The third-order valence-corrected chi connectivity index (χ3v) is 2.57. The van der Waals surface area contributed by atoms with Crippen molar-refractivity contribution >= 4 is 5.97 Å². The van der Waals surface area contributed by atoms with E-state index < -0.39 is 5.97 Å². The van der Waals surface area contributed by atoms with Crippen LogP contribution in [0.15, 0.2) is 0 Å². The van der Waals surface area contributed by atoms with Crippen LogP contribution in [0.2, 0.25) is 0 Å². The van der Waals surface area contributed by atoms with Crippen LogP contribution in [-0.2, 0) is 4.79 Å². The number of carboxylic acids is 1. The molecule has 1 aliphatic rings. The van der Waals surface area contributed by atoms with Crippen LogP contribution < -0.4 is 0 Å². The molecule has 1 fully saturated rings. The first-order valence-corrected chi connectivity index (χ1v) is 5.19. The third kappa shape index (κ3) is 2.69. The average Bonchev–Trinajstić information content (AvgIpc) is 2.86. The second-order valence-electron chi connectivity index (χ2n) is 3.73. The van der Waals surface area contributed by atoms with E-state index in [2.05, 4.69) is 11.8 Å². The molecule has 1 atom stereocenters. The lowest BCUT2D eigenvalue weighted by Gasteiger charge is -2.27. The van der Waals surface area contributed by atoms with Gasteiger partial charge in [0.25, 0.3) is 0 Å². The molecule has 0 aliphatic heterocycles. The maximum Gasteiger partial charge on any atom is 0.320 e. The second kappa shape index (κ2) is 4.61. The van der Waals surface area contributed by atoms with E-state index in [1.54, 1.807) is 0 Å². The number of carboxylic acid groups (broad SMARTS) is 1. The zero-order valence-corrected chi connectivity index (χ0v) is 8.49. The Morgan fingerprint density at radius 2 is 2.15 bits per heavy atom. The summed E-state index contributed by atoms with van der Waals surface area (Å²) in [7, 11) is 0. The molecule has 0 spiro atoms. The SMILES string of the molecule is CCCN(C1CC1)C(CC)C(=O)O. The Balaban J connectivity index is 2.54. The van der Waals surface area contributed by atoms with Gasteiger partial charge in [-0.25, -0.2) is 0 Å². The van der Waals surface area contributed by atoms with Gasteiger partial charge in [0.2, 0.25) is 0 Å². The summed E-state index contributed by atoms with van der Waals surface area (Å²) >= 11 is 0. The minimum absolute atomic E-state index is 0.257. The van der Waals surface area contributed by atoms with E-state index in [1.165, 1.54) is 12.8 Å². The quantitative estimate of drug-likeness (QED) is 0.685. The molecule has 1 rings (SSSR count). The Morgan fingerprint density at radius 1 is 1.54 bits per heavy atom. The zero-order valence-electron chi connectivity index (χ0n) is 8.49. The molecular formula is C10H19NO2. The average molecular weight is 185 g/mol. The predicted molar refractivity (Wildman–Crippen MR) is 51.7 cm³/mol. The molecule has 0 saturated heterocycles. The van der Waals surface area contributed by atoms with Crippen LogP contribution in [0.4, 0.5) is 0 Å². The van der Waals surface area contributed by atoms with E-state index in [9.17, 15) is 4.79 Å². The minimum atomic E-state index is -0.664. The zero-order chi connectivity index (χ0) is 9.84. The second-order valence-corrected chi connectivity index (χ2v) is 3.73. The molecule has 0 aromatic carbocycles. The summed E-state index contributed by atoms with van der Waals surface area (Å²) in [4.78, 5) is 13.1. The van der Waals surface area contributed by atoms with Crippen LogP contribution in [0.5, 0.6) is 0 Å². The number of carbonyl (C=O) groups is 1. The van der Waals surface area contributed by atoms with Gasteiger partial charge >= 0.3 is 5.97 Å². The van der Waals surface area contributed by atoms with E-state index in [4.69, 9.17) is 5.11 Å². The van der Waals surface area contributed by atoms with Gasteiger partial charge in [0.15, 0.2) is 0 Å². The van der Waals surface area contributed by atoms with Crippen molar-refractivity contribution < 1.29 is 9.90 Å². The molecule has 76 valence electrons. The lowest BCUT2D eigenvalue weighted by Crippen LogP contribution is -2.42. The van der Waals surface area contributed by atoms with Gasteiger partial charge in [0, 0.05) is 6.04 Å². The van der Waals surface area contributed by atoms with Crippen LogP contribution in [0.3, 0.4) is 0 Å². The Bertz CT molecular complexity index is 178. The summed E-state index contributed by atoms with van der Waals surface area (Å²) in [5.41, 5.74) is 0. The van der Waals surface area contributed by atoms with E-state index in [-0.39, 0.29) is 6.04 Å². The Hall–Kier alpha value is -0.570. The van der Waals surface area contributed by atoms with Gasteiger partial charge < -0.3 is 5.11 Å². The maximum atomic E-state index is 10.9. The van der Waals surface area contributed by atoms with Crippen LogP contribution >= 0.6 is 0 Å². The lowest BCUT2D eigenvalue weighted by atomic mass is 10.2. The molecule has 0 amide bonds. The highest BCUT2D eigenvalue weighted by atomic mass is 16.4. The van der Waals surface area contributed by atoms with Gasteiger partial charge in [0.1, 0.15) is 6.04 Å². The number of nitrogens with zero attached hydrogens (tertiary/aromatic N) is 1. The van der Waals surface area contributed by atoms with Crippen LogP contribution in [0, 0.1) is 0 Å². The smallest absolute Gasteiger partial charge is 0.320 e. The van der Waals surface area contributed by atoms with Crippen molar-refractivity contribution in [2.45, 2.75) is 51.6 Å². The third-order valence-electron chi connectivity index (χ3n) is 2.57. The number of hydrogen-bond acceptors (Lipinski definition) is 2. The molecule has 1 aliphatic carbocycles. The summed E-state index contributed by atoms with van der Waals surface area (Å²) in [6, 6.07) is 0.299. The molecule has 1 saturated carbocycles. The highest BCUT2D eigenvalue weighted by Gasteiger charge is 2.35. The molecule has 0 aromatic heterocycles. The molecule has 0 radical (unpaired) electrons. The first kappa shape index (κ1) is 10.5. The highest BCUT2D eigenvalue weighted by molar-refractivity contribution is 5.73. The van der Waals surface area contributed by atoms with Crippen molar-refractivity contribution in [3.8, 4) is 0 Å². The number of aliphatic carboxylic acids is 1. The standard InChI is InChI=1S/C10H19NO2/c1-3-7-11(8-5-6-8)9(4-2)10(12)13/h8-9H,3-7H2,1-2H3,(H,12,13). The predicted octanol–water partition coefficient (Wildman–Crippen LogP) is 1.72. The summed E-state index contributed by atoms with van der Waals surface area (Å²) in [6.07, 6.45) is 4.12. The van der Waals surface area contributed by atoms with Crippen molar-refractivity contribution in [2.75, 3.05) is 6.54 Å². The summed E-state index contributed by atoms with van der Waals surface area (Å²) < 4.78 is 0. The Labute approximate surface area is 79.7 Å². The molecule has 13 heavy (non-hydrogen) atoms. The van der Waals surface area contributed by atoms with E-state index in [0.717, 1.165) is 13.0 Å². The molecular weight excluding hydrogens is 166 g/mol. The fraction of sp³-hybridized carbons (Fsp3) is 0.900. The van der Waals surface area contributed by atoms with E-state index in [1.807, 2.05) is 6.92 Å². The monoisotopic (exact) mass is 185 g/mol. The maximum absolute atomic E-state index is 10.9. The molecule has 0 heterocycles. The normalized spacial score (nSPS) is 19.0. The summed E-state index contributed by atoms with van der Waals surface area (Å²) in [5, 5.41) is 9.01. The fourth-order valence-electron chi connectivity index (χ4n) is 1.81. The van der Waals surface area contributed by atoms with Gasteiger partial charge in [-0.2, -0.15) is 0 Å². The molecule has 1 N–H and O–H groups in total. The summed E-state index contributed by atoms with van der Waals surface area (Å²) in [6.45, 7) is 4.98. The minimum Gasteiger partial charge on any atom is -0.480 e. The number of hydrogen-bond donors (Lipinski definition) is 1. The highest BCUT2D eigenvalue weighted by Crippen LogP contribution is 2.29.